The standard InChI is InChI=1S/C40H29O9S2.C28H22O4S.2Na.O3S/c1-3-26-47-33-14-6-29(7-15-33)30-8-16-34(17-9-30)48-35-20-22-37(23-21-35)50(41,42)38-24-25-39(40(27-38)51(43,44)45)49-36-18-10-31(11-19-36)28-4-12-32(46-2)13-5-28;1-3-20-31-24-10-6-22(7-11-24)23-8-12-25(13-9-23)32-26-14-18-28(19-15-26)33(29,30)27-16-4-21(2)5-17-27;;;1-4(2)3/h1,4-20,22-25,27H,26H2,2H3,(H,43,44,45);1,4-19H,20H2,2H3;;;/q-1;;2*+1;/p-1. The first-order chi connectivity index (χ1) is 42.2. The van der Waals surface area contributed by atoms with Crippen LogP contribution < -0.4 is 87.5 Å². The minimum absolute atomic E-state index is 0. The molecule has 0 atom stereocenters. The van der Waals surface area contributed by atoms with Crippen molar-refractivity contribution in [1.82, 2.24) is 0 Å². The maximum atomic E-state index is 13.5. The third-order valence-electron chi connectivity index (χ3n) is 12.7. The molecule has 0 amide bonds. The zero-order chi connectivity index (χ0) is 62.8. The zero-order valence-electron chi connectivity index (χ0n) is 48.7. The van der Waals surface area contributed by atoms with Crippen molar-refractivity contribution >= 4 is 40.4 Å². The number of aryl methyl sites for hydroxylation is 1. The average Bonchev–Trinajstić information content (AvgIpc) is 0.885. The number of hydrogen-bond donors (Lipinski definition) is 0. The van der Waals surface area contributed by atoms with Crippen LogP contribution in [-0.4, -0.2) is 62.8 Å². The number of hydrogen-bond acceptors (Lipinski definition) is 16. The molecule has 0 aliphatic rings. The van der Waals surface area contributed by atoms with E-state index in [-0.39, 0.29) is 104 Å². The van der Waals surface area contributed by atoms with Gasteiger partial charge in [-0.25, -0.2) is 25.3 Å². The molecule has 0 unspecified atom stereocenters. The van der Waals surface area contributed by atoms with Crippen LogP contribution in [0.4, 0.5) is 0 Å². The molecule has 0 spiro atoms. The molecule has 444 valence electrons. The molecule has 10 aromatic carbocycles. The summed E-state index contributed by atoms with van der Waals surface area (Å²) in [7, 11) is -14.5. The summed E-state index contributed by atoms with van der Waals surface area (Å²) >= 11 is 0. The molecule has 0 saturated heterocycles. The fraction of sp³-hybridized carbons (Fsp3) is 0.0588. The van der Waals surface area contributed by atoms with Crippen molar-refractivity contribution in [3.63, 3.8) is 0 Å². The Morgan fingerprint density at radius 3 is 1.11 bits per heavy atom. The predicted molar refractivity (Wildman–Crippen MR) is 329 cm³/mol. The second kappa shape index (κ2) is 32.9. The van der Waals surface area contributed by atoms with Gasteiger partial charge in [-0.15, -0.1) is 37.6 Å². The molecule has 0 aromatic heterocycles. The van der Waals surface area contributed by atoms with Crippen molar-refractivity contribution in [1.29, 1.82) is 0 Å². The molecule has 0 aliphatic heterocycles. The molecule has 10 aromatic rings. The minimum Gasteiger partial charge on any atom is -0.744 e. The van der Waals surface area contributed by atoms with E-state index in [1.165, 1.54) is 24.3 Å². The smallest absolute Gasteiger partial charge is 0.744 e. The van der Waals surface area contributed by atoms with Gasteiger partial charge < -0.3 is 33.0 Å². The normalized spacial score (nSPS) is 10.7. The number of methoxy groups -OCH3 is 1. The monoisotopic (exact) mass is 1300 g/mol. The Morgan fingerprint density at radius 1 is 0.422 bits per heavy atom. The van der Waals surface area contributed by atoms with E-state index in [1.54, 1.807) is 92.0 Å². The van der Waals surface area contributed by atoms with Crippen LogP contribution in [0.5, 0.6) is 51.7 Å². The predicted octanol–water partition coefficient (Wildman–Crippen LogP) is 7.47. The SMILES string of the molecule is C#CCOc1ccc(-c2ccc(Oc3[c-]cc(S(=O)(=O)c4ccc(Oc5ccc(-c6ccc(OC)cc6)cc5)c(S(=O)(=O)[O-])c4)cc3)cc2)cc1.C#CCOc1ccc(-c2ccc(Oc3ccc(S(=O)(=O)c4ccc(C)cc4)cc3)cc2)cc1.O=S(=O)=O.[Na+].[Na+]. The molecule has 0 aliphatic carbocycles. The van der Waals surface area contributed by atoms with E-state index in [9.17, 15) is 29.8 Å². The van der Waals surface area contributed by atoms with Gasteiger partial charge in [-0.1, -0.05) is 102 Å². The number of sulfone groups is 2. The Bertz CT molecular complexity index is 4580. The van der Waals surface area contributed by atoms with Gasteiger partial charge in [0.25, 0.3) is 0 Å². The maximum absolute atomic E-state index is 13.5. The van der Waals surface area contributed by atoms with Gasteiger partial charge in [0.2, 0.25) is 9.84 Å². The molecular weight excluding hydrogens is 1250 g/mol. The summed E-state index contributed by atoms with van der Waals surface area (Å²) in [6, 6.07) is 67.4. The van der Waals surface area contributed by atoms with Crippen LogP contribution in [0.15, 0.2) is 255 Å². The van der Waals surface area contributed by atoms with Gasteiger partial charge in [0.15, 0.2) is 9.84 Å². The molecule has 90 heavy (non-hydrogen) atoms. The van der Waals surface area contributed by atoms with Gasteiger partial charge in [0.05, 0.1) is 26.7 Å². The number of ether oxygens (including phenoxy) is 6. The second-order valence-corrected chi connectivity index (χ2v) is 24.2. The molecule has 0 heterocycles. The first-order valence-electron chi connectivity index (χ1n) is 26.1. The molecule has 16 nitrogen and oxygen atoms in total. The first kappa shape index (κ1) is 70.6. The van der Waals surface area contributed by atoms with E-state index in [0.29, 0.717) is 28.7 Å². The molecule has 10 rings (SSSR count). The van der Waals surface area contributed by atoms with Crippen LogP contribution in [0.25, 0.3) is 33.4 Å². The summed E-state index contributed by atoms with van der Waals surface area (Å²) in [6.07, 6.45) is 10.4. The molecule has 0 fully saturated rings. The average molecular weight is 1300 g/mol. The number of terminal acetylenes is 2. The van der Waals surface area contributed by atoms with Gasteiger partial charge in [-0.05, 0) is 173 Å². The molecule has 22 heteroatoms. The Morgan fingerprint density at radius 2 is 0.744 bits per heavy atom. The quantitative estimate of drug-likeness (QED) is 0.0331. The maximum Gasteiger partial charge on any atom is 1.00 e. The van der Waals surface area contributed by atoms with Crippen LogP contribution in [-0.2, 0) is 40.4 Å². The van der Waals surface area contributed by atoms with Gasteiger partial charge in [0, 0.05) is 5.75 Å². The Kier molecular flexibility index (Phi) is 25.8. The van der Waals surface area contributed by atoms with E-state index in [1.807, 2.05) is 116 Å². The van der Waals surface area contributed by atoms with Gasteiger partial charge in [0.1, 0.15) is 69.3 Å². The first-order valence-corrected chi connectivity index (χ1v) is 31.5. The van der Waals surface area contributed by atoms with Gasteiger partial charge >= 0.3 is 69.7 Å². The van der Waals surface area contributed by atoms with E-state index in [0.717, 1.165) is 56.8 Å². The van der Waals surface area contributed by atoms with Crippen molar-refractivity contribution in [2.75, 3.05) is 20.3 Å². The molecule has 0 bridgehead atoms. The van der Waals surface area contributed by atoms with Crippen molar-refractivity contribution in [2.45, 2.75) is 31.4 Å². The van der Waals surface area contributed by atoms with Crippen LogP contribution in [0, 0.1) is 37.7 Å². The molecule has 0 saturated carbocycles. The van der Waals surface area contributed by atoms with E-state index in [4.69, 9.17) is 53.9 Å². The Balaban J connectivity index is 0.000000285. The van der Waals surface area contributed by atoms with Crippen LogP contribution in [0.2, 0.25) is 0 Å². The van der Waals surface area contributed by atoms with Crippen molar-refractivity contribution in [2.24, 2.45) is 0 Å². The van der Waals surface area contributed by atoms with E-state index < -0.39 is 50.2 Å². The fourth-order valence-corrected chi connectivity index (χ4v) is 11.5. The molecule has 0 radical (unpaired) electrons. The summed E-state index contributed by atoms with van der Waals surface area (Å²) in [5.41, 5.74) is 6.76. The van der Waals surface area contributed by atoms with Crippen LogP contribution in [0.1, 0.15) is 5.56 Å². The third-order valence-corrected chi connectivity index (χ3v) is 17.1. The molecular formula is C68H50Na2O16S4. The van der Waals surface area contributed by atoms with Crippen molar-refractivity contribution in [3.8, 4) is 110 Å². The summed E-state index contributed by atoms with van der Waals surface area (Å²) < 4.78 is 148. The minimum atomic E-state index is -5.14. The van der Waals surface area contributed by atoms with E-state index in [2.05, 4.69) is 17.9 Å². The summed E-state index contributed by atoms with van der Waals surface area (Å²) in [4.78, 5) is -0.913. The van der Waals surface area contributed by atoms with Crippen LogP contribution in [0.3, 0.4) is 0 Å². The molecule has 0 N–H and O–H groups in total. The van der Waals surface area contributed by atoms with Crippen LogP contribution >= 0.6 is 0 Å². The van der Waals surface area contributed by atoms with Gasteiger partial charge in [-0.3, -0.25) is 0 Å². The fourth-order valence-electron chi connectivity index (χ4n) is 8.30. The van der Waals surface area contributed by atoms with Crippen molar-refractivity contribution < 1.29 is 130 Å². The largest absolute Gasteiger partial charge is 1.00 e. The van der Waals surface area contributed by atoms with E-state index >= 15 is 0 Å². The summed E-state index contributed by atoms with van der Waals surface area (Å²) in [5.74, 6) is 8.87. The van der Waals surface area contributed by atoms with Gasteiger partial charge in [-0.2, -0.15) is 12.1 Å². The topological polar surface area (TPSA) is 232 Å². The second-order valence-electron chi connectivity index (χ2n) is 18.6. The summed E-state index contributed by atoms with van der Waals surface area (Å²) in [5, 5.41) is 0. The Labute approximate surface area is 568 Å². The third kappa shape index (κ3) is 19.5. The summed E-state index contributed by atoms with van der Waals surface area (Å²) in [6.45, 7) is 2.35. The number of benzene rings is 10. The zero-order valence-corrected chi connectivity index (χ0v) is 55.9. The van der Waals surface area contributed by atoms with Crippen molar-refractivity contribution in [3.05, 3.63) is 242 Å². The Hall–Kier alpha value is -8.45. The number of rotatable bonds is 19.